The summed E-state index contributed by atoms with van der Waals surface area (Å²) in [5, 5.41) is 3.37. The number of nitrogens with one attached hydrogen (secondary N) is 1. The lowest BCUT2D eigenvalue weighted by Crippen LogP contribution is -2.19. The molecule has 4 heteroatoms. The largest absolute Gasteiger partial charge is 0.310 e. The molecule has 0 spiro atoms. The highest BCUT2D eigenvalue weighted by molar-refractivity contribution is 9.10. The third kappa shape index (κ3) is 4.83. The molecule has 0 fully saturated rings. The zero-order valence-electron chi connectivity index (χ0n) is 12.2. The zero-order chi connectivity index (χ0) is 15.2. The van der Waals surface area contributed by atoms with Gasteiger partial charge in [0, 0.05) is 20.3 Å². The fraction of sp³-hybridized carbons (Fsp3) is 0.294. The van der Waals surface area contributed by atoms with Crippen molar-refractivity contribution in [2.75, 3.05) is 6.54 Å². The number of hydrogen-bond acceptors (Lipinski definition) is 2. The van der Waals surface area contributed by atoms with Gasteiger partial charge in [-0.2, -0.15) is 0 Å². The van der Waals surface area contributed by atoms with Gasteiger partial charge >= 0.3 is 0 Å². The van der Waals surface area contributed by atoms with E-state index in [0.717, 1.165) is 27.9 Å². The molecular weight excluding hydrogens is 349 g/mol. The van der Waals surface area contributed by atoms with E-state index in [9.17, 15) is 4.39 Å². The maximum atomic E-state index is 14.2. The van der Waals surface area contributed by atoms with Crippen molar-refractivity contribution in [2.45, 2.75) is 36.1 Å². The Hall–Kier alpha value is -0.840. The van der Waals surface area contributed by atoms with Gasteiger partial charge in [0.2, 0.25) is 0 Å². The normalized spacial score (nSPS) is 12.4. The molecule has 0 bridgehead atoms. The second-order valence-corrected chi connectivity index (χ2v) is 6.95. The van der Waals surface area contributed by atoms with E-state index in [1.165, 1.54) is 11.8 Å². The van der Waals surface area contributed by atoms with Crippen LogP contribution >= 0.6 is 27.7 Å². The van der Waals surface area contributed by atoms with E-state index in [0.29, 0.717) is 4.90 Å². The van der Waals surface area contributed by atoms with Crippen molar-refractivity contribution in [1.82, 2.24) is 5.32 Å². The lowest BCUT2D eigenvalue weighted by molar-refractivity contribution is 0.556. The van der Waals surface area contributed by atoms with Crippen LogP contribution in [0.15, 0.2) is 56.7 Å². The van der Waals surface area contributed by atoms with Crippen molar-refractivity contribution in [3.05, 3.63) is 58.3 Å². The molecule has 0 amide bonds. The lowest BCUT2D eigenvalue weighted by atomic mass is 10.1. The molecule has 21 heavy (non-hydrogen) atoms. The molecule has 0 radical (unpaired) electrons. The molecule has 1 unspecified atom stereocenters. The van der Waals surface area contributed by atoms with Gasteiger partial charge in [0.15, 0.2) is 0 Å². The quantitative estimate of drug-likeness (QED) is 0.692. The Morgan fingerprint density at radius 3 is 2.52 bits per heavy atom. The third-order valence-electron chi connectivity index (χ3n) is 3.20. The molecule has 1 N–H and O–H groups in total. The monoisotopic (exact) mass is 367 g/mol. The van der Waals surface area contributed by atoms with Gasteiger partial charge in [0.05, 0.1) is 0 Å². The Kier molecular flexibility index (Phi) is 6.27. The first-order valence-electron chi connectivity index (χ1n) is 7.06. The molecule has 0 aliphatic heterocycles. The summed E-state index contributed by atoms with van der Waals surface area (Å²) in [5.74, 6) is -0.162. The van der Waals surface area contributed by atoms with Gasteiger partial charge in [0.1, 0.15) is 5.82 Å². The van der Waals surface area contributed by atoms with E-state index < -0.39 is 0 Å². The minimum Gasteiger partial charge on any atom is -0.310 e. The Labute approximate surface area is 138 Å². The first-order chi connectivity index (χ1) is 10.1. The SMILES string of the molecule is CCCNC(C)c1ccc(Sc2ccc(Br)cc2)c(F)c1. The maximum Gasteiger partial charge on any atom is 0.137 e. The average Bonchev–Trinajstić information content (AvgIpc) is 2.49. The second-order valence-electron chi connectivity index (χ2n) is 4.92. The van der Waals surface area contributed by atoms with Gasteiger partial charge in [-0.25, -0.2) is 4.39 Å². The molecule has 0 aromatic heterocycles. The van der Waals surface area contributed by atoms with Crippen LogP contribution in [0.4, 0.5) is 4.39 Å². The second kappa shape index (κ2) is 7.97. The van der Waals surface area contributed by atoms with Crippen LogP contribution in [-0.4, -0.2) is 6.54 Å². The standard InChI is InChI=1S/C17H19BrFNS/c1-3-10-20-12(2)13-4-9-17(16(19)11-13)21-15-7-5-14(18)6-8-15/h4-9,11-12,20H,3,10H2,1-2H3. The van der Waals surface area contributed by atoms with E-state index in [4.69, 9.17) is 0 Å². The molecule has 2 aromatic carbocycles. The molecular formula is C17H19BrFNS. The summed E-state index contributed by atoms with van der Waals surface area (Å²) < 4.78 is 15.3. The molecule has 2 rings (SSSR count). The predicted octanol–water partition coefficient (Wildman–Crippen LogP) is 5.80. The molecule has 0 heterocycles. The summed E-state index contributed by atoms with van der Waals surface area (Å²) in [7, 11) is 0. The summed E-state index contributed by atoms with van der Waals surface area (Å²) >= 11 is 4.85. The van der Waals surface area contributed by atoms with Crippen molar-refractivity contribution >= 4 is 27.7 Å². The van der Waals surface area contributed by atoms with Gasteiger partial charge in [-0.3, -0.25) is 0 Å². The van der Waals surface area contributed by atoms with E-state index in [-0.39, 0.29) is 11.9 Å². The summed E-state index contributed by atoms with van der Waals surface area (Å²) in [5.41, 5.74) is 0.987. The van der Waals surface area contributed by atoms with Crippen LogP contribution < -0.4 is 5.32 Å². The smallest absolute Gasteiger partial charge is 0.137 e. The minimum absolute atomic E-state index is 0.162. The number of rotatable bonds is 6. The van der Waals surface area contributed by atoms with Crippen molar-refractivity contribution < 1.29 is 4.39 Å². The van der Waals surface area contributed by atoms with Crippen LogP contribution in [0.25, 0.3) is 0 Å². The zero-order valence-corrected chi connectivity index (χ0v) is 14.6. The Bertz CT molecular complexity index is 586. The van der Waals surface area contributed by atoms with Crippen LogP contribution in [-0.2, 0) is 0 Å². The maximum absolute atomic E-state index is 14.2. The van der Waals surface area contributed by atoms with Gasteiger partial charge in [0.25, 0.3) is 0 Å². The van der Waals surface area contributed by atoms with Crippen LogP contribution in [0.2, 0.25) is 0 Å². The molecule has 1 nitrogen and oxygen atoms in total. The van der Waals surface area contributed by atoms with Crippen LogP contribution in [0.3, 0.4) is 0 Å². The first-order valence-corrected chi connectivity index (χ1v) is 8.67. The van der Waals surface area contributed by atoms with Crippen molar-refractivity contribution in [2.24, 2.45) is 0 Å². The lowest BCUT2D eigenvalue weighted by Gasteiger charge is -2.14. The van der Waals surface area contributed by atoms with E-state index >= 15 is 0 Å². The Morgan fingerprint density at radius 1 is 1.19 bits per heavy atom. The summed E-state index contributed by atoms with van der Waals surface area (Å²) in [4.78, 5) is 1.69. The number of halogens is 2. The van der Waals surface area contributed by atoms with Crippen molar-refractivity contribution in [1.29, 1.82) is 0 Å². The van der Waals surface area contributed by atoms with Crippen molar-refractivity contribution in [3.8, 4) is 0 Å². The topological polar surface area (TPSA) is 12.0 Å². The molecule has 0 saturated carbocycles. The molecule has 112 valence electrons. The van der Waals surface area contributed by atoms with E-state index in [1.807, 2.05) is 36.4 Å². The highest BCUT2D eigenvalue weighted by atomic mass is 79.9. The van der Waals surface area contributed by atoms with Gasteiger partial charge in [-0.15, -0.1) is 0 Å². The van der Waals surface area contributed by atoms with Gasteiger partial charge in [-0.05, 0) is 61.9 Å². The fourth-order valence-corrected chi connectivity index (χ4v) is 3.06. The molecule has 0 aliphatic rings. The number of benzene rings is 2. The summed E-state index contributed by atoms with van der Waals surface area (Å²) in [6, 6.07) is 13.6. The Balaban J connectivity index is 2.10. The average molecular weight is 368 g/mol. The highest BCUT2D eigenvalue weighted by Crippen LogP contribution is 2.31. The van der Waals surface area contributed by atoms with E-state index in [1.54, 1.807) is 6.07 Å². The first kappa shape index (κ1) is 16.5. The highest BCUT2D eigenvalue weighted by Gasteiger charge is 2.09. The van der Waals surface area contributed by atoms with Crippen molar-refractivity contribution in [3.63, 3.8) is 0 Å². The molecule has 0 saturated heterocycles. The summed E-state index contributed by atoms with van der Waals surface area (Å²) in [6.45, 7) is 5.13. The molecule has 0 aliphatic carbocycles. The van der Waals surface area contributed by atoms with Gasteiger partial charge in [-0.1, -0.05) is 40.7 Å². The Morgan fingerprint density at radius 2 is 1.90 bits per heavy atom. The fourth-order valence-electron chi connectivity index (χ4n) is 1.98. The third-order valence-corrected chi connectivity index (χ3v) is 4.79. The minimum atomic E-state index is -0.162. The van der Waals surface area contributed by atoms with Crippen LogP contribution in [0.5, 0.6) is 0 Å². The molecule has 2 aromatic rings. The van der Waals surface area contributed by atoms with Crippen LogP contribution in [0.1, 0.15) is 31.9 Å². The number of hydrogen-bond donors (Lipinski definition) is 1. The summed E-state index contributed by atoms with van der Waals surface area (Å²) in [6.07, 6.45) is 1.07. The van der Waals surface area contributed by atoms with E-state index in [2.05, 4.69) is 35.1 Å². The van der Waals surface area contributed by atoms with Crippen LogP contribution in [0, 0.1) is 5.82 Å². The molecule has 1 atom stereocenters. The van der Waals surface area contributed by atoms with Gasteiger partial charge < -0.3 is 5.32 Å². The predicted molar refractivity (Wildman–Crippen MR) is 91.4 cm³/mol.